The Balaban J connectivity index is 2.50. The van der Waals surface area contributed by atoms with Gasteiger partial charge in [-0.1, -0.05) is 60.3 Å². The molecule has 2 unspecified atom stereocenters. The van der Waals surface area contributed by atoms with Gasteiger partial charge in [-0.2, -0.15) is 0 Å². The summed E-state index contributed by atoms with van der Waals surface area (Å²) >= 11 is 0. The normalized spacial score (nSPS) is 22.6. The molecule has 1 fully saturated rings. The standard InChI is InChI=1S/C19H39N/c1-6-9-10-16(7-2)15-18(20-8-3)17-11-13-19(4,5)14-12-17/h16-18,20H,6-15H2,1-5H3. The SMILES string of the molecule is CCCCC(CC)CC(NCC)C1CCC(C)(C)CC1. The van der Waals surface area contributed by atoms with Crippen molar-refractivity contribution in [1.82, 2.24) is 5.32 Å². The van der Waals surface area contributed by atoms with Crippen LogP contribution >= 0.6 is 0 Å². The molecule has 1 aliphatic carbocycles. The number of unbranched alkanes of at least 4 members (excludes halogenated alkanes) is 1. The van der Waals surface area contributed by atoms with E-state index in [1.54, 1.807) is 0 Å². The van der Waals surface area contributed by atoms with Crippen molar-refractivity contribution in [3.05, 3.63) is 0 Å². The minimum absolute atomic E-state index is 0.597. The fourth-order valence-corrected chi connectivity index (χ4v) is 3.87. The summed E-state index contributed by atoms with van der Waals surface area (Å²) in [5, 5.41) is 3.82. The first-order chi connectivity index (χ1) is 9.52. The second-order valence-electron chi connectivity index (χ2n) is 7.82. The Kier molecular flexibility index (Phi) is 8.17. The molecule has 0 aromatic heterocycles. The van der Waals surface area contributed by atoms with Gasteiger partial charge in [0.1, 0.15) is 0 Å². The smallest absolute Gasteiger partial charge is 0.00978 e. The van der Waals surface area contributed by atoms with E-state index in [9.17, 15) is 0 Å². The molecule has 20 heavy (non-hydrogen) atoms. The van der Waals surface area contributed by atoms with E-state index in [1.807, 2.05) is 0 Å². The molecule has 0 aliphatic heterocycles. The molecule has 2 atom stereocenters. The highest BCUT2D eigenvalue weighted by Gasteiger charge is 2.31. The van der Waals surface area contributed by atoms with Crippen molar-refractivity contribution >= 4 is 0 Å². The molecule has 120 valence electrons. The van der Waals surface area contributed by atoms with Crippen LogP contribution in [0, 0.1) is 17.3 Å². The van der Waals surface area contributed by atoms with E-state index in [0.29, 0.717) is 5.41 Å². The summed E-state index contributed by atoms with van der Waals surface area (Å²) in [5.74, 6) is 1.87. The first-order valence-electron chi connectivity index (χ1n) is 9.25. The van der Waals surface area contributed by atoms with Gasteiger partial charge in [-0.05, 0) is 55.9 Å². The monoisotopic (exact) mass is 281 g/mol. The average molecular weight is 282 g/mol. The van der Waals surface area contributed by atoms with E-state index in [1.165, 1.54) is 57.8 Å². The molecule has 0 amide bonds. The highest BCUT2D eigenvalue weighted by atomic mass is 14.9. The molecule has 0 bridgehead atoms. The molecule has 0 spiro atoms. The first kappa shape index (κ1) is 18.0. The van der Waals surface area contributed by atoms with Crippen molar-refractivity contribution in [3.63, 3.8) is 0 Å². The van der Waals surface area contributed by atoms with Gasteiger partial charge in [-0.25, -0.2) is 0 Å². The van der Waals surface area contributed by atoms with Crippen LogP contribution in [0.2, 0.25) is 0 Å². The van der Waals surface area contributed by atoms with Crippen molar-refractivity contribution < 1.29 is 0 Å². The van der Waals surface area contributed by atoms with Gasteiger partial charge in [0.25, 0.3) is 0 Å². The maximum absolute atomic E-state index is 3.82. The van der Waals surface area contributed by atoms with E-state index < -0.39 is 0 Å². The maximum atomic E-state index is 3.82. The summed E-state index contributed by atoms with van der Waals surface area (Å²) in [5.41, 5.74) is 0.597. The van der Waals surface area contributed by atoms with Gasteiger partial charge in [0.15, 0.2) is 0 Å². The first-order valence-corrected chi connectivity index (χ1v) is 9.25. The molecule has 0 saturated heterocycles. The highest BCUT2D eigenvalue weighted by Crippen LogP contribution is 2.40. The predicted octanol–water partition coefficient (Wildman–Crippen LogP) is 5.79. The summed E-state index contributed by atoms with van der Waals surface area (Å²) < 4.78 is 0. The van der Waals surface area contributed by atoms with Gasteiger partial charge in [-0.3, -0.25) is 0 Å². The summed E-state index contributed by atoms with van der Waals surface area (Å²) in [4.78, 5) is 0. The minimum Gasteiger partial charge on any atom is -0.314 e. The molecule has 0 heterocycles. The maximum Gasteiger partial charge on any atom is 0.00978 e. The molecular formula is C19H39N. The number of nitrogens with one attached hydrogen (secondary N) is 1. The lowest BCUT2D eigenvalue weighted by Gasteiger charge is -2.39. The molecule has 1 rings (SSSR count). The molecule has 1 nitrogen and oxygen atoms in total. The second-order valence-corrected chi connectivity index (χ2v) is 7.82. The van der Waals surface area contributed by atoms with Crippen LogP contribution in [-0.2, 0) is 0 Å². The third-order valence-corrected chi connectivity index (χ3v) is 5.55. The van der Waals surface area contributed by atoms with Crippen molar-refractivity contribution in [1.29, 1.82) is 0 Å². The second kappa shape index (κ2) is 9.07. The van der Waals surface area contributed by atoms with E-state index in [0.717, 1.165) is 24.4 Å². The van der Waals surface area contributed by atoms with Crippen LogP contribution in [0.1, 0.15) is 92.4 Å². The van der Waals surface area contributed by atoms with Crippen LogP contribution in [0.4, 0.5) is 0 Å². The largest absolute Gasteiger partial charge is 0.314 e. The highest BCUT2D eigenvalue weighted by molar-refractivity contribution is 4.86. The zero-order chi connectivity index (χ0) is 15.0. The Morgan fingerprint density at radius 2 is 1.75 bits per heavy atom. The van der Waals surface area contributed by atoms with Crippen molar-refractivity contribution in [2.45, 2.75) is 98.4 Å². The number of hydrogen-bond donors (Lipinski definition) is 1. The Morgan fingerprint density at radius 3 is 2.25 bits per heavy atom. The average Bonchev–Trinajstić information content (AvgIpc) is 2.42. The van der Waals surface area contributed by atoms with E-state index in [4.69, 9.17) is 0 Å². The third kappa shape index (κ3) is 6.16. The summed E-state index contributed by atoms with van der Waals surface area (Å²) in [6, 6.07) is 0.776. The lowest BCUT2D eigenvalue weighted by molar-refractivity contribution is 0.148. The molecule has 1 N–H and O–H groups in total. The summed E-state index contributed by atoms with van der Waals surface area (Å²) in [6.07, 6.45) is 12.7. The molecular weight excluding hydrogens is 242 g/mol. The molecule has 0 radical (unpaired) electrons. The van der Waals surface area contributed by atoms with Gasteiger partial charge < -0.3 is 5.32 Å². The molecule has 1 heteroatoms. The van der Waals surface area contributed by atoms with Crippen molar-refractivity contribution in [3.8, 4) is 0 Å². The van der Waals surface area contributed by atoms with Crippen LogP contribution in [0.3, 0.4) is 0 Å². The third-order valence-electron chi connectivity index (χ3n) is 5.55. The predicted molar refractivity (Wildman–Crippen MR) is 91.1 cm³/mol. The number of hydrogen-bond acceptors (Lipinski definition) is 1. The van der Waals surface area contributed by atoms with Crippen LogP contribution in [0.25, 0.3) is 0 Å². The summed E-state index contributed by atoms with van der Waals surface area (Å²) in [7, 11) is 0. The lowest BCUT2D eigenvalue weighted by Crippen LogP contribution is -2.40. The van der Waals surface area contributed by atoms with Gasteiger partial charge in [0.2, 0.25) is 0 Å². The minimum atomic E-state index is 0.597. The Bertz CT molecular complexity index is 236. The van der Waals surface area contributed by atoms with Crippen LogP contribution < -0.4 is 5.32 Å². The zero-order valence-corrected chi connectivity index (χ0v) is 14.8. The van der Waals surface area contributed by atoms with E-state index >= 15 is 0 Å². The number of rotatable bonds is 9. The quantitative estimate of drug-likeness (QED) is 0.564. The van der Waals surface area contributed by atoms with E-state index in [2.05, 4.69) is 39.9 Å². The van der Waals surface area contributed by atoms with Crippen molar-refractivity contribution in [2.75, 3.05) is 6.54 Å². The fourth-order valence-electron chi connectivity index (χ4n) is 3.87. The Hall–Kier alpha value is -0.0400. The van der Waals surface area contributed by atoms with Gasteiger partial charge in [0.05, 0.1) is 0 Å². The molecule has 1 aliphatic rings. The fraction of sp³-hybridized carbons (Fsp3) is 1.00. The molecule has 0 aromatic rings. The van der Waals surface area contributed by atoms with Crippen LogP contribution in [-0.4, -0.2) is 12.6 Å². The molecule has 1 saturated carbocycles. The topological polar surface area (TPSA) is 12.0 Å². The summed E-state index contributed by atoms with van der Waals surface area (Å²) in [6.45, 7) is 13.0. The van der Waals surface area contributed by atoms with Crippen LogP contribution in [0.5, 0.6) is 0 Å². The van der Waals surface area contributed by atoms with Gasteiger partial charge in [0, 0.05) is 6.04 Å². The van der Waals surface area contributed by atoms with Gasteiger partial charge in [-0.15, -0.1) is 0 Å². The lowest BCUT2D eigenvalue weighted by atomic mass is 9.70. The molecule has 0 aromatic carbocycles. The zero-order valence-electron chi connectivity index (χ0n) is 14.8. The van der Waals surface area contributed by atoms with Crippen molar-refractivity contribution in [2.24, 2.45) is 17.3 Å². The Labute approximate surface area is 128 Å². The van der Waals surface area contributed by atoms with E-state index in [-0.39, 0.29) is 0 Å². The Morgan fingerprint density at radius 1 is 1.10 bits per heavy atom. The van der Waals surface area contributed by atoms with Crippen LogP contribution in [0.15, 0.2) is 0 Å². The van der Waals surface area contributed by atoms with Gasteiger partial charge >= 0.3 is 0 Å².